The molecule has 0 rings (SSSR count). The third-order valence-electron chi connectivity index (χ3n) is 1.41. The molecule has 0 aromatic rings. The van der Waals surface area contributed by atoms with E-state index in [0.717, 1.165) is 19.3 Å². The molecule has 0 bridgehead atoms. The summed E-state index contributed by atoms with van der Waals surface area (Å²) in [4.78, 5) is 0. The highest BCUT2D eigenvalue weighted by Gasteiger charge is 1.99. The molecule has 0 amide bonds. The standard InChI is InChI=1S/C8H16O2/c1-2-3-4-5-6-8(10)7-9/h2,8-10H,1,3-7H2. The van der Waals surface area contributed by atoms with Crippen LogP contribution < -0.4 is 0 Å². The van der Waals surface area contributed by atoms with Gasteiger partial charge in [0.2, 0.25) is 0 Å². The van der Waals surface area contributed by atoms with Crippen LogP contribution in [0.1, 0.15) is 25.7 Å². The topological polar surface area (TPSA) is 40.5 Å². The molecule has 0 spiro atoms. The third kappa shape index (κ3) is 5.79. The fourth-order valence-electron chi connectivity index (χ4n) is 0.760. The predicted molar refractivity (Wildman–Crippen MR) is 41.8 cm³/mol. The molecule has 2 heteroatoms. The van der Waals surface area contributed by atoms with Crippen molar-refractivity contribution in [2.24, 2.45) is 0 Å². The van der Waals surface area contributed by atoms with Gasteiger partial charge in [0.05, 0.1) is 12.7 Å². The summed E-state index contributed by atoms with van der Waals surface area (Å²) < 4.78 is 0. The average molecular weight is 144 g/mol. The quantitative estimate of drug-likeness (QED) is 0.432. The maximum Gasteiger partial charge on any atom is 0.0770 e. The van der Waals surface area contributed by atoms with Gasteiger partial charge in [-0.2, -0.15) is 0 Å². The molecule has 0 aromatic carbocycles. The second-order valence-electron chi connectivity index (χ2n) is 2.41. The molecule has 2 nitrogen and oxygen atoms in total. The van der Waals surface area contributed by atoms with Crippen LogP contribution in [0.5, 0.6) is 0 Å². The summed E-state index contributed by atoms with van der Waals surface area (Å²) in [7, 11) is 0. The van der Waals surface area contributed by atoms with E-state index in [4.69, 9.17) is 10.2 Å². The van der Waals surface area contributed by atoms with Crippen LogP contribution in [0.25, 0.3) is 0 Å². The number of aliphatic hydroxyl groups excluding tert-OH is 2. The van der Waals surface area contributed by atoms with Crippen LogP contribution >= 0.6 is 0 Å². The van der Waals surface area contributed by atoms with Gasteiger partial charge < -0.3 is 10.2 Å². The number of aliphatic hydroxyl groups is 2. The second kappa shape index (κ2) is 6.78. The second-order valence-corrected chi connectivity index (χ2v) is 2.41. The number of unbranched alkanes of at least 4 members (excludes halogenated alkanes) is 2. The van der Waals surface area contributed by atoms with Crippen molar-refractivity contribution in [3.63, 3.8) is 0 Å². The van der Waals surface area contributed by atoms with Gasteiger partial charge in [0, 0.05) is 0 Å². The molecule has 1 unspecified atom stereocenters. The molecule has 0 saturated carbocycles. The highest BCUT2D eigenvalue weighted by Crippen LogP contribution is 2.02. The molecule has 0 aliphatic carbocycles. The van der Waals surface area contributed by atoms with Gasteiger partial charge in [-0.1, -0.05) is 12.5 Å². The summed E-state index contributed by atoms with van der Waals surface area (Å²) >= 11 is 0. The molecule has 10 heavy (non-hydrogen) atoms. The molecule has 0 heterocycles. The van der Waals surface area contributed by atoms with Crippen LogP contribution in [0, 0.1) is 0 Å². The zero-order valence-corrected chi connectivity index (χ0v) is 6.29. The van der Waals surface area contributed by atoms with E-state index in [-0.39, 0.29) is 6.61 Å². The molecule has 0 aliphatic rings. The highest BCUT2D eigenvalue weighted by atomic mass is 16.3. The van der Waals surface area contributed by atoms with Crippen LogP contribution in [0.15, 0.2) is 12.7 Å². The van der Waals surface area contributed by atoms with Crippen molar-refractivity contribution in [1.29, 1.82) is 0 Å². The zero-order chi connectivity index (χ0) is 7.82. The van der Waals surface area contributed by atoms with Crippen molar-refractivity contribution >= 4 is 0 Å². The highest BCUT2D eigenvalue weighted by molar-refractivity contribution is 4.66. The minimum atomic E-state index is -0.523. The van der Waals surface area contributed by atoms with Gasteiger partial charge in [-0.05, 0) is 19.3 Å². The SMILES string of the molecule is C=CCCCCC(O)CO. The number of allylic oxidation sites excluding steroid dienone is 1. The van der Waals surface area contributed by atoms with Gasteiger partial charge in [0.25, 0.3) is 0 Å². The lowest BCUT2D eigenvalue weighted by atomic mass is 10.1. The summed E-state index contributed by atoms with van der Waals surface area (Å²) in [5.74, 6) is 0. The fraction of sp³-hybridized carbons (Fsp3) is 0.750. The Morgan fingerprint density at radius 2 is 2.10 bits per heavy atom. The molecule has 0 fully saturated rings. The minimum Gasteiger partial charge on any atom is -0.394 e. The smallest absolute Gasteiger partial charge is 0.0770 e. The van der Waals surface area contributed by atoms with E-state index in [0.29, 0.717) is 6.42 Å². The van der Waals surface area contributed by atoms with Crippen molar-refractivity contribution in [3.05, 3.63) is 12.7 Å². The first-order chi connectivity index (χ1) is 4.81. The molecule has 0 aliphatic heterocycles. The number of rotatable bonds is 6. The van der Waals surface area contributed by atoms with Crippen LogP contribution in [0.3, 0.4) is 0 Å². The van der Waals surface area contributed by atoms with Crippen molar-refractivity contribution in [2.45, 2.75) is 31.8 Å². The number of hydrogen-bond donors (Lipinski definition) is 2. The normalized spacial score (nSPS) is 13.0. The van der Waals surface area contributed by atoms with Crippen LogP contribution in [-0.2, 0) is 0 Å². The van der Waals surface area contributed by atoms with Crippen LogP contribution in [-0.4, -0.2) is 22.9 Å². The Morgan fingerprint density at radius 3 is 2.60 bits per heavy atom. The van der Waals surface area contributed by atoms with Gasteiger partial charge in [-0.25, -0.2) is 0 Å². The van der Waals surface area contributed by atoms with Gasteiger partial charge in [0.1, 0.15) is 0 Å². The Labute approximate surface area is 62.2 Å². The van der Waals surface area contributed by atoms with E-state index in [1.165, 1.54) is 0 Å². The molecule has 60 valence electrons. The fourth-order valence-corrected chi connectivity index (χ4v) is 0.760. The number of hydrogen-bond acceptors (Lipinski definition) is 2. The minimum absolute atomic E-state index is 0.117. The lowest BCUT2D eigenvalue weighted by Gasteiger charge is -2.04. The third-order valence-corrected chi connectivity index (χ3v) is 1.41. The molecular formula is C8H16O2. The molecular weight excluding hydrogens is 128 g/mol. The Hall–Kier alpha value is -0.340. The van der Waals surface area contributed by atoms with Crippen molar-refractivity contribution in [3.8, 4) is 0 Å². The van der Waals surface area contributed by atoms with Crippen molar-refractivity contribution in [2.75, 3.05) is 6.61 Å². The largest absolute Gasteiger partial charge is 0.394 e. The van der Waals surface area contributed by atoms with E-state index in [1.807, 2.05) is 6.08 Å². The summed E-state index contributed by atoms with van der Waals surface area (Å²) in [6.45, 7) is 3.47. The average Bonchev–Trinajstić information content (AvgIpc) is 1.98. The van der Waals surface area contributed by atoms with E-state index < -0.39 is 6.10 Å². The van der Waals surface area contributed by atoms with Crippen LogP contribution in [0.2, 0.25) is 0 Å². The Morgan fingerprint density at radius 1 is 1.40 bits per heavy atom. The Balaban J connectivity index is 2.95. The summed E-state index contributed by atoms with van der Waals surface area (Å²) in [5, 5.41) is 17.3. The van der Waals surface area contributed by atoms with Crippen molar-refractivity contribution in [1.82, 2.24) is 0 Å². The van der Waals surface area contributed by atoms with Crippen LogP contribution in [0.4, 0.5) is 0 Å². The van der Waals surface area contributed by atoms with Gasteiger partial charge in [-0.3, -0.25) is 0 Å². The van der Waals surface area contributed by atoms with E-state index in [9.17, 15) is 0 Å². The Kier molecular flexibility index (Phi) is 6.55. The monoisotopic (exact) mass is 144 g/mol. The predicted octanol–water partition coefficient (Wildman–Crippen LogP) is 1.09. The maximum atomic E-state index is 8.88. The van der Waals surface area contributed by atoms with Gasteiger partial charge >= 0.3 is 0 Å². The molecule has 1 atom stereocenters. The Bertz CT molecular complexity index is 81.3. The van der Waals surface area contributed by atoms with Gasteiger partial charge in [-0.15, -0.1) is 6.58 Å². The lowest BCUT2D eigenvalue weighted by molar-refractivity contribution is 0.0862. The molecule has 0 saturated heterocycles. The maximum absolute atomic E-state index is 8.88. The van der Waals surface area contributed by atoms with E-state index >= 15 is 0 Å². The summed E-state index contributed by atoms with van der Waals surface area (Å²) in [5.41, 5.74) is 0. The molecule has 0 aromatic heterocycles. The van der Waals surface area contributed by atoms with E-state index in [1.54, 1.807) is 0 Å². The van der Waals surface area contributed by atoms with Crippen molar-refractivity contribution < 1.29 is 10.2 Å². The lowest BCUT2D eigenvalue weighted by Crippen LogP contribution is -2.10. The van der Waals surface area contributed by atoms with E-state index in [2.05, 4.69) is 6.58 Å². The molecule has 0 radical (unpaired) electrons. The zero-order valence-electron chi connectivity index (χ0n) is 6.29. The summed E-state index contributed by atoms with van der Waals surface area (Å²) in [6, 6.07) is 0. The summed E-state index contributed by atoms with van der Waals surface area (Å²) in [6.07, 6.45) is 5.06. The first-order valence-electron chi connectivity index (χ1n) is 3.71. The molecule has 2 N–H and O–H groups in total. The first-order valence-corrected chi connectivity index (χ1v) is 3.71. The van der Waals surface area contributed by atoms with Gasteiger partial charge in [0.15, 0.2) is 0 Å². The first kappa shape index (κ1) is 9.66.